The van der Waals surface area contributed by atoms with Crippen LogP contribution in [0, 0.1) is 17.2 Å². The van der Waals surface area contributed by atoms with Gasteiger partial charge in [-0.15, -0.1) is 0 Å². The number of allylic oxidation sites excluding steroid dienone is 2. The van der Waals surface area contributed by atoms with E-state index in [1.165, 1.54) is 31.3 Å². The average Bonchev–Trinajstić information content (AvgIpc) is 3.07. The maximum atomic E-state index is 12.2. The van der Waals surface area contributed by atoms with Crippen molar-refractivity contribution in [3.05, 3.63) is 41.0 Å². The van der Waals surface area contributed by atoms with Crippen molar-refractivity contribution in [1.29, 1.82) is 5.26 Å². The summed E-state index contributed by atoms with van der Waals surface area (Å²) in [5, 5.41) is 9.00. The van der Waals surface area contributed by atoms with Gasteiger partial charge < -0.3 is 0 Å². The second-order valence-electron chi connectivity index (χ2n) is 5.50. The van der Waals surface area contributed by atoms with E-state index in [9.17, 15) is 4.79 Å². The number of hydrogen-bond acceptors (Lipinski definition) is 2. The molecular weight excluding hydrogens is 234 g/mol. The maximum Gasteiger partial charge on any atom is 0.163 e. The monoisotopic (exact) mass is 251 g/mol. The standard InChI is InChI=1S/C17H17NO/c18-11-12-4-3-7-14(10-12)17-15(8-9-16(17)19)13-5-1-2-6-13/h3-4,7,10,13H,1-2,5-6,8-9H2. The summed E-state index contributed by atoms with van der Waals surface area (Å²) >= 11 is 0. The molecule has 0 heterocycles. The zero-order chi connectivity index (χ0) is 13.2. The Morgan fingerprint density at radius 1 is 1.16 bits per heavy atom. The zero-order valence-electron chi connectivity index (χ0n) is 11.0. The van der Waals surface area contributed by atoms with Gasteiger partial charge in [-0.1, -0.05) is 30.5 Å². The van der Waals surface area contributed by atoms with Crippen molar-refractivity contribution in [3.8, 4) is 6.07 Å². The Bertz CT molecular complexity index is 586. The van der Waals surface area contributed by atoms with Crippen molar-refractivity contribution in [2.24, 2.45) is 5.92 Å². The highest BCUT2D eigenvalue weighted by molar-refractivity contribution is 6.23. The Morgan fingerprint density at radius 2 is 1.95 bits per heavy atom. The summed E-state index contributed by atoms with van der Waals surface area (Å²) in [4.78, 5) is 12.2. The van der Waals surface area contributed by atoms with Crippen LogP contribution in [0.2, 0.25) is 0 Å². The van der Waals surface area contributed by atoms with Gasteiger partial charge in [0.25, 0.3) is 0 Å². The van der Waals surface area contributed by atoms with E-state index in [1.54, 1.807) is 6.07 Å². The number of carbonyl (C=O) groups excluding carboxylic acids is 1. The number of Topliss-reactive ketones (excluding diaryl/α,β-unsaturated/α-hetero) is 1. The van der Waals surface area contributed by atoms with Crippen molar-refractivity contribution in [2.75, 3.05) is 0 Å². The van der Waals surface area contributed by atoms with Gasteiger partial charge in [-0.05, 0) is 42.9 Å². The SMILES string of the molecule is N#Cc1cccc(C2=C(C3CCCC3)CCC2=O)c1. The molecule has 0 saturated heterocycles. The first-order chi connectivity index (χ1) is 9.29. The van der Waals surface area contributed by atoms with E-state index in [0.717, 1.165) is 17.6 Å². The van der Waals surface area contributed by atoms with E-state index in [0.29, 0.717) is 17.9 Å². The molecule has 96 valence electrons. The first-order valence-corrected chi connectivity index (χ1v) is 7.06. The highest BCUT2D eigenvalue weighted by Gasteiger charge is 2.30. The van der Waals surface area contributed by atoms with Crippen molar-refractivity contribution in [3.63, 3.8) is 0 Å². The van der Waals surface area contributed by atoms with E-state index < -0.39 is 0 Å². The van der Waals surface area contributed by atoms with E-state index in [-0.39, 0.29) is 5.78 Å². The number of hydrogen-bond donors (Lipinski definition) is 0. The average molecular weight is 251 g/mol. The van der Waals surface area contributed by atoms with Crippen LogP contribution in [0.15, 0.2) is 29.8 Å². The van der Waals surface area contributed by atoms with E-state index in [2.05, 4.69) is 6.07 Å². The van der Waals surface area contributed by atoms with Crippen LogP contribution in [-0.4, -0.2) is 5.78 Å². The lowest BCUT2D eigenvalue weighted by Gasteiger charge is -2.13. The third-order valence-corrected chi connectivity index (χ3v) is 4.35. The van der Waals surface area contributed by atoms with Gasteiger partial charge in [0, 0.05) is 12.0 Å². The molecule has 0 aliphatic heterocycles. The van der Waals surface area contributed by atoms with Gasteiger partial charge >= 0.3 is 0 Å². The van der Waals surface area contributed by atoms with Gasteiger partial charge in [0.1, 0.15) is 0 Å². The fourth-order valence-electron chi connectivity index (χ4n) is 3.45. The van der Waals surface area contributed by atoms with Gasteiger partial charge in [-0.2, -0.15) is 5.26 Å². The number of benzene rings is 1. The van der Waals surface area contributed by atoms with Gasteiger partial charge in [0.15, 0.2) is 5.78 Å². The highest BCUT2D eigenvalue weighted by atomic mass is 16.1. The van der Waals surface area contributed by atoms with Crippen molar-refractivity contribution >= 4 is 11.4 Å². The lowest BCUT2D eigenvalue weighted by atomic mass is 9.91. The number of nitriles is 1. The molecule has 0 atom stereocenters. The molecule has 2 aliphatic carbocycles. The number of carbonyl (C=O) groups is 1. The van der Waals surface area contributed by atoms with Crippen LogP contribution in [0.3, 0.4) is 0 Å². The molecule has 0 amide bonds. The van der Waals surface area contributed by atoms with Gasteiger partial charge in [0.2, 0.25) is 0 Å². The summed E-state index contributed by atoms with van der Waals surface area (Å²) in [7, 11) is 0. The molecule has 1 saturated carbocycles. The van der Waals surface area contributed by atoms with Crippen LogP contribution in [0.4, 0.5) is 0 Å². The quantitative estimate of drug-likeness (QED) is 0.800. The molecule has 0 unspecified atom stereocenters. The fraction of sp³-hybridized carbons (Fsp3) is 0.412. The summed E-state index contributed by atoms with van der Waals surface area (Å²) in [6, 6.07) is 9.64. The predicted octanol–water partition coefficient (Wildman–Crippen LogP) is 3.86. The summed E-state index contributed by atoms with van der Waals surface area (Å²) < 4.78 is 0. The molecule has 1 aromatic rings. The topological polar surface area (TPSA) is 40.9 Å². The Morgan fingerprint density at radius 3 is 2.68 bits per heavy atom. The normalized spacial score (nSPS) is 20.1. The summed E-state index contributed by atoms with van der Waals surface area (Å²) in [5.74, 6) is 0.865. The molecule has 19 heavy (non-hydrogen) atoms. The molecule has 1 aromatic carbocycles. The van der Waals surface area contributed by atoms with Crippen LogP contribution >= 0.6 is 0 Å². The summed E-state index contributed by atoms with van der Waals surface area (Å²) in [5.41, 5.74) is 3.86. The number of ketones is 1. The maximum absolute atomic E-state index is 12.2. The Balaban J connectivity index is 2.05. The third kappa shape index (κ3) is 2.21. The summed E-state index contributed by atoms with van der Waals surface area (Å²) in [6.45, 7) is 0. The highest BCUT2D eigenvalue weighted by Crippen LogP contribution is 2.42. The molecule has 0 N–H and O–H groups in total. The second-order valence-corrected chi connectivity index (χ2v) is 5.50. The molecular formula is C17H17NO. The Kier molecular flexibility index (Phi) is 3.21. The van der Waals surface area contributed by atoms with E-state index >= 15 is 0 Å². The largest absolute Gasteiger partial charge is 0.294 e. The molecule has 0 radical (unpaired) electrons. The predicted molar refractivity (Wildman–Crippen MR) is 74.3 cm³/mol. The summed E-state index contributed by atoms with van der Waals surface area (Å²) in [6.07, 6.45) is 6.60. The lowest BCUT2D eigenvalue weighted by molar-refractivity contribution is -0.113. The second kappa shape index (κ2) is 5.01. The third-order valence-electron chi connectivity index (χ3n) is 4.35. The van der Waals surface area contributed by atoms with E-state index in [1.807, 2.05) is 18.2 Å². The molecule has 0 aromatic heterocycles. The van der Waals surface area contributed by atoms with Crippen LogP contribution in [0.5, 0.6) is 0 Å². The zero-order valence-corrected chi connectivity index (χ0v) is 11.0. The molecule has 2 nitrogen and oxygen atoms in total. The van der Waals surface area contributed by atoms with Crippen molar-refractivity contribution in [1.82, 2.24) is 0 Å². The van der Waals surface area contributed by atoms with Crippen LogP contribution in [0.25, 0.3) is 5.57 Å². The molecule has 2 aliphatic rings. The lowest BCUT2D eigenvalue weighted by Crippen LogP contribution is -2.01. The fourth-order valence-corrected chi connectivity index (χ4v) is 3.45. The van der Waals surface area contributed by atoms with Gasteiger partial charge in [0.05, 0.1) is 11.6 Å². The Hall–Kier alpha value is -1.88. The number of nitrogens with zero attached hydrogens (tertiary/aromatic N) is 1. The molecule has 0 bridgehead atoms. The van der Waals surface area contributed by atoms with Crippen LogP contribution in [0.1, 0.15) is 49.7 Å². The minimum atomic E-state index is 0.261. The van der Waals surface area contributed by atoms with Crippen molar-refractivity contribution < 1.29 is 4.79 Å². The van der Waals surface area contributed by atoms with Crippen LogP contribution in [-0.2, 0) is 4.79 Å². The molecule has 1 fully saturated rings. The molecule has 0 spiro atoms. The minimum absolute atomic E-state index is 0.261. The van der Waals surface area contributed by atoms with Crippen LogP contribution < -0.4 is 0 Å². The smallest absolute Gasteiger partial charge is 0.163 e. The van der Waals surface area contributed by atoms with Gasteiger partial charge in [-0.25, -0.2) is 0 Å². The molecule has 3 rings (SSSR count). The Labute approximate surface area is 113 Å². The minimum Gasteiger partial charge on any atom is -0.294 e. The molecule has 2 heteroatoms. The van der Waals surface area contributed by atoms with E-state index in [4.69, 9.17) is 5.26 Å². The van der Waals surface area contributed by atoms with Crippen molar-refractivity contribution in [2.45, 2.75) is 38.5 Å². The number of rotatable bonds is 2. The first-order valence-electron chi connectivity index (χ1n) is 7.06. The first kappa shape index (κ1) is 12.2. The van der Waals surface area contributed by atoms with Gasteiger partial charge in [-0.3, -0.25) is 4.79 Å².